The smallest absolute Gasteiger partial charge is 0.313 e. The van der Waals surface area contributed by atoms with Crippen LogP contribution in [0.2, 0.25) is 0 Å². The summed E-state index contributed by atoms with van der Waals surface area (Å²) in [5.41, 5.74) is 0.627. The maximum absolute atomic E-state index is 12.2. The number of benzene rings is 1. The normalized spacial score (nSPS) is 18.3. The lowest BCUT2D eigenvalue weighted by Gasteiger charge is -2.45. The minimum Gasteiger partial charge on any atom is -0.497 e. The van der Waals surface area contributed by atoms with Gasteiger partial charge in [-0.05, 0) is 37.6 Å². The van der Waals surface area contributed by atoms with Gasteiger partial charge in [0.25, 0.3) is 0 Å². The van der Waals surface area contributed by atoms with Crippen LogP contribution in [0.5, 0.6) is 5.75 Å². The van der Waals surface area contributed by atoms with Gasteiger partial charge >= 0.3 is 5.97 Å². The summed E-state index contributed by atoms with van der Waals surface area (Å²) in [5.74, 6) is 0.679. The first-order valence-electron chi connectivity index (χ1n) is 6.57. The first-order valence-corrected chi connectivity index (χ1v) is 6.57. The number of hydrogen-bond donors (Lipinski definition) is 1. The molecule has 104 valence electrons. The van der Waals surface area contributed by atoms with E-state index in [9.17, 15) is 4.79 Å². The number of hydrogen-bond acceptors (Lipinski definition) is 4. The maximum atomic E-state index is 12.2. The van der Waals surface area contributed by atoms with Gasteiger partial charge in [0.2, 0.25) is 0 Å². The third-order valence-corrected chi connectivity index (χ3v) is 4.11. The van der Waals surface area contributed by atoms with Gasteiger partial charge < -0.3 is 14.8 Å². The van der Waals surface area contributed by atoms with Crippen LogP contribution < -0.4 is 10.1 Å². The Balaban J connectivity index is 2.35. The number of rotatable bonds is 5. The highest BCUT2D eigenvalue weighted by molar-refractivity contribution is 5.79. The molecule has 0 radical (unpaired) electrons. The molecule has 2 rings (SSSR count). The van der Waals surface area contributed by atoms with Crippen molar-refractivity contribution < 1.29 is 14.3 Å². The third-order valence-electron chi connectivity index (χ3n) is 4.11. The monoisotopic (exact) mass is 263 g/mol. The van der Waals surface area contributed by atoms with E-state index in [4.69, 9.17) is 9.47 Å². The first kappa shape index (κ1) is 13.9. The molecule has 4 heteroatoms. The number of carbonyl (C=O) groups is 1. The molecule has 19 heavy (non-hydrogen) atoms. The van der Waals surface area contributed by atoms with Crippen molar-refractivity contribution in [1.82, 2.24) is 5.32 Å². The van der Waals surface area contributed by atoms with Crippen LogP contribution in [-0.4, -0.2) is 27.2 Å². The Morgan fingerprint density at radius 1 is 1.37 bits per heavy atom. The molecule has 0 heterocycles. The van der Waals surface area contributed by atoms with Crippen molar-refractivity contribution in [2.24, 2.45) is 5.41 Å². The summed E-state index contributed by atoms with van der Waals surface area (Å²) in [7, 11) is 4.99. The van der Waals surface area contributed by atoms with Crippen molar-refractivity contribution in [2.75, 3.05) is 21.3 Å². The fourth-order valence-corrected chi connectivity index (χ4v) is 2.95. The van der Waals surface area contributed by atoms with Gasteiger partial charge in [-0.3, -0.25) is 4.79 Å². The second-order valence-electron chi connectivity index (χ2n) is 5.00. The first-order chi connectivity index (χ1) is 9.17. The number of methoxy groups -OCH3 is 2. The minimum absolute atomic E-state index is 0.0381. The van der Waals surface area contributed by atoms with Gasteiger partial charge in [-0.1, -0.05) is 18.6 Å². The fraction of sp³-hybridized carbons (Fsp3) is 0.533. The Labute approximate surface area is 114 Å². The lowest BCUT2D eigenvalue weighted by Crippen LogP contribution is -2.48. The fourth-order valence-electron chi connectivity index (χ4n) is 2.95. The highest BCUT2D eigenvalue weighted by atomic mass is 16.5. The van der Waals surface area contributed by atoms with Crippen LogP contribution in [-0.2, 0) is 9.53 Å². The Hall–Kier alpha value is -1.55. The van der Waals surface area contributed by atoms with E-state index in [0.29, 0.717) is 0 Å². The van der Waals surface area contributed by atoms with E-state index in [2.05, 4.69) is 5.32 Å². The third kappa shape index (κ3) is 2.32. The highest BCUT2D eigenvalue weighted by Gasteiger charge is 2.51. The SMILES string of the molecule is CNC(c1cccc(OC)c1)C1(C(=O)OC)CCC1. The zero-order chi connectivity index (χ0) is 13.9. The molecule has 1 fully saturated rings. The van der Waals surface area contributed by atoms with E-state index < -0.39 is 5.41 Å². The van der Waals surface area contributed by atoms with Gasteiger partial charge in [-0.2, -0.15) is 0 Å². The quantitative estimate of drug-likeness (QED) is 0.828. The van der Waals surface area contributed by atoms with Crippen LogP contribution >= 0.6 is 0 Å². The molecule has 1 aromatic carbocycles. The standard InChI is InChI=1S/C15H21NO3/c1-16-13(11-6-4-7-12(10-11)18-2)15(8-5-9-15)14(17)19-3/h4,6-7,10,13,16H,5,8-9H2,1-3H3. The molecule has 0 saturated heterocycles. The molecular formula is C15H21NO3. The highest BCUT2D eigenvalue weighted by Crippen LogP contribution is 2.51. The molecule has 1 unspecified atom stereocenters. The summed E-state index contributed by atoms with van der Waals surface area (Å²) in [6, 6.07) is 7.81. The lowest BCUT2D eigenvalue weighted by atomic mass is 9.62. The summed E-state index contributed by atoms with van der Waals surface area (Å²) in [6.45, 7) is 0. The Bertz CT molecular complexity index is 454. The van der Waals surface area contributed by atoms with Gasteiger partial charge in [0, 0.05) is 6.04 Å². The van der Waals surface area contributed by atoms with Crippen LogP contribution in [0.15, 0.2) is 24.3 Å². The summed E-state index contributed by atoms with van der Waals surface area (Å²) in [4.78, 5) is 12.2. The van der Waals surface area contributed by atoms with Gasteiger partial charge in [0.15, 0.2) is 0 Å². The lowest BCUT2D eigenvalue weighted by molar-refractivity contribution is -0.161. The molecule has 4 nitrogen and oxygen atoms in total. The average Bonchev–Trinajstić information content (AvgIpc) is 2.41. The molecule has 1 aliphatic carbocycles. The summed E-state index contributed by atoms with van der Waals surface area (Å²) in [5, 5.41) is 3.27. The van der Waals surface area contributed by atoms with E-state index in [0.717, 1.165) is 30.6 Å². The molecule has 1 saturated carbocycles. The predicted molar refractivity (Wildman–Crippen MR) is 73.1 cm³/mol. The minimum atomic E-state index is -0.435. The van der Waals surface area contributed by atoms with Gasteiger partial charge in [-0.25, -0.2) is 0 Å². The largest absolute Gasteiger partial charge is 0.497 e. The second kappa shape index (κ2) is 5.61. The topological polar surface area (TPSA) is 47.6 Å². The van der Waals surface area contributed by atoms with Crippen molar-refractivity contribution in [2.45, 2.75) is 25.3 Å². The van der Waals surface area contributed by atoms with Gasteiger partial charge in [0.1, 0.15) is 5.75 Å². The van der Waals surface area contributed by atoms with Gasteiger partial charge in [0.05, 0.1) is 19.6 Å². The molecule has 0 aliphatic heterocycles. The predicted octanol–water partition coefficient (Wildman–Crippen LogP) is 2.30. The van der Waals surface area contributed by atoms with Crippen molar-refractivity contribution in [3.8, 4) is 5.75 Å². The van der Waals surface area contributed by atoms with Gasteiger partial charge in [-0.15, -0.1) is 0 Å². The Morgan fingerprint density at radius 3 is 2.58 bits per heavy atom. The van der Waals surface area contributed by atoms with E-state index in [1.165, 1.54) is 7.11 Å². The van der Waals surface area contributed by atoms with Crippen LogP contribution in [0.25, 0.3) is 0 Å². The molecule has 0 aromatic heterocycles. The molecule has 0 spiro atoms. The molecular weight excluding hydrogens is 242 g/mol. The van der Waals surface area contributed by atoms with E-state index in [-0.39, 0.29) is 12.0 Å². The summed E-state index contributed by atoms with van der Waals surface area (Å²) in [6.07, 6.45) is 2.79. The zero-order valence-electron chi connectivity index (χ0n) is 11.7. The Kier molecular flexibility index (Phi) is 4.10. The Morgan fingerprint density at radius 2 is 2.11 bits per heavy atom. The average molecular weight is 263 g/mol. The number of carbonyl (C=O) groups excluding carboxylic acids is 1. The number of nitrogens with one attached hydrogen (secondary N) is 1. The molecule has 0 bridgehead atoms. The molecule has 1 N–H and O–H groups in total. The molecule has 1 atom stereocenters. The van der Waals surface area contributed by atoms with Crippen molar-refractivity contribution in [3.05, 3.63) is 29.8 Å². The zero-order valence-corrected chi connectivity index (χ0v) is 11.7. The number of ether oxygens (including phenoxy) is 2. The summed E-state index contributed by atoms with van der Waals surface area (Å²) >= 11 is 0. The second-order valence-corrected chi connectivity index (χ2v) is 5.00. The molecule has 1 aliphatic rings. The van der Waals surface area contributed by atoms with E-state index in [1.807, 2.05) is 31.3 Å². The van der Waals surface area contributed by atoms with Crippen LogP contribution in [0, 0.1) is 5.41 Å². The van der Waals surface area contributed by atoms with Crippen molar-refractivity contribution in [3.63, 3.8) is 0 Å². The molecule has 1 aromatic rings. The molecule has 0 amide bonds. The van der Waals surface area contributed by atoms with E-state index in [1.54, 1.807) is 7.11 Å². The van der Waals surface area contributed by atoms with E-state index >= 15 is 0 Å². The maximum Gasteiger partial charge on any atom is 0.313 e. The van der Waals surface area contributed by atoms with Crippen LogP contribution in [0.3, 0.4) is 0 Å². The van der Waals surface area contributed by atoms with Crippen LogP contribution in [0.1, 0.15) is 30.9 Å². The van der Waals surface area contributed by atoms with Crippen LogP contribution in [0.4, 0.5) is 0 Å². The van der Waals surface area contributed by atoms with Crippen molar-refractivity contribution in [1.29, 1.82) is 0 Å². The van der Waals surface area contributed by atoms with Crippen molar-refractivity contribution >= 4 is 5.97 Å². The summed E-state index contributed by atoms with van der Waals surface area (Å²) < 4.78 is 10.3. The number of esters is 1.